The van der Waals surface area contributed by atoms with E-state index in [1.54, 1.807) is 0 Å². The molecule has 4 N–H and O–H groups in total. The molecule has 1 aromatic heterocycles. The summed E-state index contributed by atoms with van der Waals surface area (Å²) >= 11 is 0. The van der Waals surface area contributed by atoms with E-state index in [0.29, 0.717) is 11.6 Å². The highest BCUT2D eigenvalue weighted by Crippen LogP contribution is 2.27. The maximum Gasteiger partial charge on any atom is 0.267 e. The highest BCUT2D eigenvalue weighted by atomic mass is 16.1. The number of benzene rings is 2. The van der Waals surface area contributed by atoms with Crippen LogP contribution in [0.15, 0.2) is 48.5 Å². The fraction of sp³-hybridized carbons (Fsp3) is 0.400. The maximum absolute atomic E-state index is 12.6. The van der Waals surface area contributed by atoms with Gasteiger partial charge in [0.15, 0.2) is 0 Å². The SMILES string of the molecule is O=C(NCC1CCNCC1)c1cc2cc(-c3ccc(N4CCNCC4)cc3)ccc2[nH]1. The van der Waals surface area contributed by atoms with Crippen LogP contribution in [0.1, 0.15) is 23.3 Å². The van der Waals surface area contributed by atoms with Crippen LogP contribution in [-0.4, -0.2) is 56.7 Å². The monoisotopic (exact) mass is 417 g/mol. The third-order valence-electron chi connectivity index (χ3n) is 6.56. The Bertz CT molecular complexity index is 1030. The van der Waals surface area contributed by atoms with Crippen molar-refractivity contribution in [1.82, 2.24) is 20.9 Å². The van der Waals surface area contributed by atoms with Crippen molar-refractivity contribution in [3.8, 4) is 11.1 Å². The number of amides is 1. The minimum absolute atomic E-state index is 0.0170. The van der Waals surface area contributed by atoms with Crippen molar-refractivity contribution in [3.63, 3.8) is 0 Å². The van der Waals surface area contributed by atoms with Crippen LogP contribution < -0.4 is 20.9 Å². The second kappa shape index (κ2) is 9.12. The van der Waals surface area contributed by atoms with Crippen molar-refractivity contribution >= 4 is 22.5 Å². The molecule has 0 radical (unpaired) electrons. The second-order valence-corrected chi connectivity index (χ2v) is 8.67. The Morgan fingerprint density at radius 1 is 0.903 bits per heavy atom. The Morgan fingerprint density at radius 3 is 2.39 bits per heavy atom. The van der Waals surface area contributed by atoms with Crippen LogP contribution >= 0.6 is 0 Å². The number of aromatic amines is 1. The molecule has 162 valence electrons. The number of hydrogen-bond acceptors (Lipinski definition) is 4. The van der Waals surface area contributed by atoms with E-state index in [1.807, 2.05) is 6.07 Å². The zero-order chi connectivity index (χ0) is 21.0. The molecule has 3 heterocycles. The van der Waals surface area contributed by atoms with Gasteiger partial charge in [0, 0.05) is 49.3 Å². The van der Waals surface area contributed by atoms with Gasteiger partial charge in [0.05, 0.1) is 0 Å². The number of H-pyrrole nitrogens is 1. The lowest BCUT2D eigenvalue weighted by Crippen LogP contribution is -2.43. The molecule has 2 aliphatic rings. The molecule has 0 bridgehead atoms. The normalized spacial score (nSPS) is 17.7. The summed E-state index contributed by atoms with van der Waals surface area (Å²) in [5, 5.41) is 10.9. The van der Waals surface area contributed by atoms with Crippen LogP contribution in [0.4, 0.5) is 5.69 Å². The molecular formula is C25H31N5O. The Balaban J connectivity index is 1.28. The van der Waals surface area contributed by atoms with Crippen LogP contribution in [0.25, 0.3) is 22.0 Å². The lowest BCUT2D eigenvalue weighted by Gasteiger charge is -2.29. The lowest BCUT2D eigenvalue weighted by atomic mass is 9.98. The number of anilines is 1. The number of nitrogens with one attached hydrogen (secondary N) is 4. The van der Waals surface area contributed by atoms with E-state index in [1.165, 1.54) is 16.8 Å². The molecule has 2 aliphatic heterocycles. The first-order chi connectivity index (χ1) is 15.3. The first-order valence-electron chi connectivity index (χ1n) is 11.4. The first kappa shape index (κ1) is 20.1. The van der Waals surface area contributed by atoms with Gasteiger partial charge in [-0.3, -0.25) is 4.79 Å². The van der Waals surface area contributed by atoms with Gasteiger partial charge in [-0.1, -0.05) is 18.2 Å². The number of hydrogen-bond donors (Lipinski definition) is 4. The Labute approximate surface area is 183 Å². The smallest absolute Gasteiger partial charge is 0.267 e. The van der Waals surface area contributed by atoms with E-state index in [-0.39, 0.29) is 5.91 Å². The quantitative estimate of drug-likeness (QED) is 0.515. The molecule has 1 amide bonds. The van der Waals surface area contributed by atoms with Gasteiger partial charge in [-0.2, -0.15) is 0 Å². The molecule has 0 aliphatic carbocycles. The molecule has 2 saturated heterocycles. The molecule has 2 aromatic carbocycles. The van der Waals surface area contributed by atoms with E-state index in [2.05, 4.69) is 68.3 Å². The molecule has 2 fully saturated rings. The van der Waals surface area contributed by atoms with Crippen LogP contribution in [0.2, 0.25) is 0 Å². The second-order valence-electron chi connectivity index (χ2n) is 8.67. The van der Waals surface area contributed by atoms with E-state index in [0.717, 1.165) is 69.6 Å². The largest absolute Gasteiger partial charge is 0.369 e. The third kappa shape index (κ3) is 4.60. The number of piperidine rings is 1. The Kier molecular flexibility index (Phi) is 5.91. The summed E-state index contributed by atoms with van der Waals surface area (Å²) in [5.41, 5.74) is 5.27. The maximum atomic E-state index is 12.6. The average molecular weight is 418 g/mol. The van der Waals surface area contributed by atoms with Crippen molar-refractivity contribution in [3.05, 3.63) is 54.2 Å². The number of rotatable bonds is 5. The summed E-state index contributed by atoms with van der Waals surface area (Å²) in [7, 11) is 0. The minimum Gasteiger partial charge on any atom is -0.369 e. The number of carbonyl (C=O) groups is 1. The molecule has 0 unspecified atom stereocenters. The number of aromatic nitrogens is 1. The van der Waals surface area contributed by atoms with Crippen molar-refractivity contribution in [2.45, 2.75) is 12.8 Å². The summed E-state index contributed by atoms with van der Waals surface area (Å²) in [6.45, 7) is 7.03. The van der Waals surface area contributed by atoms with Crippen molar-refractivity contribution in [1.29, 1.82) is 0 Å². The predicted octanol–water partition coefficient (Wildman–Crippen LogP) is 2.97. The number of piperazine rings is 1. The van der Waals surface area contributed by atoms with Gasteiger partial charge in [0.2, 0.25) is 0 Å². The van der Waals surface area contributed by atoms with Crippen molar-refractivity contribution in [2.24, 2.45) is 5.92 Å². The van der Waals surface area contributed by atoms with Crippen LogP contribution in [-0.2, 0) is 0 Å². The van der Waals surface area contributed by atoms with Crippen LogP contribution in [0.3, 0.4) is 0 Å². The van der Waals surface area contributed by atoms with E-state index >= 15 is 0 Å². The van der Waals surface area contributed by atoms with Crippen molar-refractivity contribution < 1.29 is 4.79 Å². The zero-order valence-corrected chi connectivity index (χ0v) is 17.9. The Morgan fingerprint density at radius 2 is 1.61 bits per heavy atom. The zero-order valence-electron chi connectivity index (χ0n) is 17.9. The number of fused-ring (bicyclic) bond motifs is 1. The fourth-order valence-corrected chi connectivity index (χ4v) is 4.64. The molecule has 5 rings (SSSR count). The number of nitrogens with zero attached hydrogens (tertiary/aromatic N) is 1. The first-order valence-corrected chi connectivity index (χ1v) is 11.4. The highest BCUT2D eigenvalue weighted by molar-refractivity contribution is 5.98. The summed E-state index contributed by atoms with van der Waals surface area (Å²) in [6.07, 6.45) is 2.26. The molecule has 31 heavy (non-hydrogen) atoms. The van der Waals surface area contributed by atoms with Gasteiger partial charge < -0.3 is 25.8 Å². The molecule has 6 nitrogen and oxygen atoms in total. The predicted molar refractivity (Wildman–Crippen MR) is 127 cm³/mol. The third-order valence-corrected chi connectivity index (χ3v) is 6.56. The van der Waals surface area contributed by atoms with Gasteiger partial charge in [0.25, 0.3) is 5.91 Å². The summed E-state index contributed by atoms with van der Waals surface area (Å²) in [5.74, 6) is 0.557. The topological polar surface area (TPSA) is 72.2 Å². The molecule has 0 spiro atoms. The van der Waals surface area contributed by atoms with Gasteiger partial charge in [-0.25, -0.2) is 0 Å². The number of carbonyl (C=O) groups excluding carboxylic acids is 1. The summed E-state index contributed by atoms with van der Waals surface area (Å²) in [6, 6.07) is 17.1. The molecule has 3 aromatic rings. The van der Waals surface area contributed by atoms with Gasteiger partial charge >= 0.3 is 0 Å². The van der Waals surface area contributed by atoms with E-state index < -0.39 is 0 Å². The standard InChI is InChI=1S/C25H31N5O/c31-25(28-17-18-7-9-26-10-8-18)24-16-21-15-20(3-6-23(21)29-24)19-1-4-22(5-2-19)30-13-11-27-12-14-30/h1-6,15-16,18,26-27,29H,7-14,17H2,(H,28,31). The van der Waals surface area contributed by atoms with Gasteiger partial charge in [-0.05, 0) is 73.3 Å². The molecule has 6 heteroatoms. The molecule has 0 saturated carbocycles. The van der Waals surface area contributed by atoms with Crippen LogP contribution in [0.5, 0.6) is 0 Å². The van der Waals surface area contributed by atoms with E-state index in [9.17, 15) is 4.79 Å². The Hall–Kier alpha value is -2.83. The fourth-order valence-electron chi connectivity index (χ4n) is 4.64. The van der Waals surface area contributed by atoms with E-state index in [4.69, 9.17) is 0 Å². The van der Waals surface area contributed by atoms with Crippen LogP contribution in [0, 0.1) is 5.92 Å². The van der Waals surface area contributed by atoms with Gasteiger partial charge in [-0.15, -0.1) is 0 Å². The lowest BCUT2D eigenvalue weighted by molar-refractivity contribution is 0.0940. The summed E-state index contributed by atoms with van der Waals surface area (Å²) < 4.78 is 0. The average Bonchev–Trinajstić information content (AvgIpc) is 3.27. The highest BCUT2D eigenvalue weighted by Gasteiger charge is 2.16. The molecular weight excluding hydrogens is 386 g/mol. The minimum atomic E-state index is -0.0170. The van der Waals surface area contributed by atoms with Gasteiger partial charge in [0.1, 0.15) is 5.69 Å². The summed E-state index contributed by atoms with van der Waals surface area (Å²) in [4.78, 5) is 18.3. The molecule has 0 atom stereocenters. The van der Waals surface area contributed by atoms with Crippen molar-refractivity contribution in [2.75, 3.05) is 50.7 Å².